The summed E-state index contributed by atoms with van der Waals surface area (Å²) in [6.07, 6.45) is -3.34. The maximum Gasteiger partial charge on any atom is 0.420 e. The summed E-state index contributed by atoms with van der Waals surface area (Å²) in [5, 5.41) is 10.9. The molecular formula is C28H24F5N5O. The highest BCUT2D eigenvalue weighted by Gasteiger charge is 2.36. The van der Waals surface area contributed by atoms with Crippen LogP contribution in [0.2, 0.25) is 0 Å². The first-order chi connectivity index (χ1) is 18.4. The Bertz CT molecular complexity index is 1630. The fraction of sp³-hybridized carbons (Fsp3) is 0.250. The number of hydrogen-bond acceptors (Lipinski definition) is 5. The summed E-state index contributed by atoms with van der Waals surface area (Å²) in [7, 11) is 1.67. The lowest BCUT2D eigenvalue weighted by molar-refractivity contribution is -0.136. The van der Waals surface area contributed by atoms with Crippen LogP contribution in [0.4, 0.5) is 22.0 Å². The molecule has 39 heavy (non-hydrogen) atoms. The molecule has 0 amide bonds. The number of nitrogens with one attached hydrogen (secondary N) is 1. The minimum absolute atomic E-state index is 0.0311. The molecule has 0 saturated carbocycles. The fourth-order valence-electron chi connectivity index (χ4n) is 4.40. The molecule has 2 heterocycles. The Hall–Kier alpha value is -4.12. The minimum Gasteiger partial charge on any atom is -0.435 e. The summed E-state index contributed by atoms with van der Waals surface area (Å²) < 4.78 is 78.9. The number of oxazole rings is 1. The zero-order chi connectivity index (χ0) is 27.9. The first kappa shape index (κ1) is 26.5. The molecule has 202 valence electrons. The molecule has 0 saturated heterocycles. The minimum atomic E-state index is -4.78. The zero-order valence-corrected chi connectivity index (χ0v) is 21.3. The first-order valence-corrected chi connectivity index (χ1v) is 12.1. The van der Waals surface area contributed by atoms with Crippen LogP contribution in [0.5, 0.6) is 0 Å². The Morgan fingerprint density at radius 1 is 0.974 bits per heavy atom. The predicted molar refractivity (Wildman–Crippen MR) is 137 cm³/mol. The second kappa shape index (κ2) is 9.88. The molecule has 0 atom stereocenters. The molecule has 2 aromatic heterocycles. The van der Waals surface area contributed by atoms with E-state index in [4.69, 9.17) is 4.42 Å². The van der Waals surface area contributed by atoms with Crippen LogP contribution in [0.3, 0.4) is 0 Å². The van der Waals surface area contributed by atoms with Crippen LogP contribution in [0.25, 0.3) is 45.1 Å². The molecule has 6 nitrogen and oxygen atoms in total. The Labute approximate surface area is 220 Å². The van der Waals surface area contributed by atoms with Gasteiger partial charge in [-0.1, -0.05) is 36.4 Å². The molecule has 0 aliphatic heterocycles. The van der Waals surface area contributed by atoms with Crippen LogP contribution in [0.15, 0.2) is 65.3 Å². The highest BCUT2D eigenvalue weighted by molar-refractivity contribution is 5.92. The second-order valence-corrected chi connectivity index (χ2v) is 9.81. The Morgan fingerprint density at radius 2 is 1.72 bits per heavy atom. The van der Waals surface area contributed by atoms with E-state index in [1.54, 1.807) is 17.7 Å². The van der Waals surface area contributed by atoms with Gasteiger partial charge < -0.3 is 14.3 Å². The summed E-state index contributed by atoms with van der Waals surface area (Å²) in [5.41, 5.74) is -1.58. The van der Waals surface area contributed by atoms with Gasteiger partial charge in [-0.05, 0) is 48.7 Å². The van der Waals surface area contributed by atoms with Gasteiger partial charge >= 0.3 is 6.18 Å². The van der Waals surface area contributed by atoms with Crippen molar-refractivity contribution in [2.24, 2.45) is 7.05 Å². The summed E-state index contributed by atoms with van der Waals surface area (Å²) in [4.78, 5) is 4.30. The SMILES string of the molecule is Cn1cnnc1-c1c(-c2ccccc2)ccc(F)c1-c1nc2cc(CNCC(C)(C)F)cc(C(F)(F)F)c2o1. The van der Waals surface area contributed by atoms with Gasteiger partial charge in [-0.25, -0.2) is 13.8 Å². The molecule has 0 radical (unpaired) electrons. The van der Waals surface area contributed by atoms with Crippen molar-refractivity contribution in [2.75, 3.05) is 6.54 Å². The third-order valence-corrected chi connectivity index (χ3v) is 6.12. The van der Waals surface area contributed by atoms with Crippen molar-refractivity contribution >= 4 is 11.1 Å². The Balaban J connectivity index is 1.72. The van der Waals surface area contributed by atoms with E-state index >= 15 is 4.39 Å². The molecule has 0 aliphatic rings. The van der Waals surface area contributed by atoms with E-state index in [-0.39, 0.29) is 47.0 Å². The number of hydrogen-bond donors (Lipinski definition) is 1. The van der Waals surface area contributed by atoms with Crippen LogP contribution < -0.4 is 5.32 Å². The molecule has 5 aromatic rings. The highest BCUT2D eigenvalue weighted by atomic mass is 19.4. The number of benzene rings is 3. The van der Waals surface area contributed by atoms with Crippen molar-refractivity contribution in [3.05, 3.63) is 77.9 Å². The van der Waals surface area contributed by atoms with E-state index in [0.29, 0.717) is 5.56 Å². The maximum absolute atomic E-state index is 15.6. The van der Waals surface area contributed by atoms with Crippen molar-refractivity contribution < 1.29 is 26.4 Å². The molecule has 0 aliphatic carbocycles. The van der Waals surface area contributed by atoms with E-state index in [0.717, 1.165) is 11.6 Å². The molecule has 0 unspecified atom stereocenters. The maximum atomic E-state index is 15.6. The van der Waals surface area contributed by atoms with Gasteiger partial charge in [-0.15, -0.1) is 10.2 Å². The Kier molecular flexibility index (Phi) is 6.71. The number of fused-ring (bicyclic) bond motifs is 1. The quantitative estimate of drug-likeness (QED) is 0.226. The van der Waals surface area contributed by atoms with E-state index < -0.39 is 28.8 Å². The van der Waals surface area contributed by atoms with Crippen molar-refractivity contribution in [3.8, 4) is 34.0 Å². The lowest BCUT2D eigenvalue weighted by Gasteiger charge is -2.15. The summed E-state index contributed by atoms with van der Waals surface area (Å²) >= 11 is 0. The number of nitrogens with zero attached hydrogens (tertiary/aromatic N) is 4. The molecule has 11 heteroatoms. The van der Waals surface area contributed by atoms with Crippen LogP contribution in [0.1, 0.15) is 25.0 Å². The number of aryl methyl sites for hydroxylation is 1. The Morgan fingerprint density at radius 3 is 2.36 bits per heavy atom. The standard InChI is InChI=1S/C28H24F5N5O/c1-27(2,30)14-34-13-16-11-19(28(31,32)33)24-21(12-16)36-26(39-24)23-20(29)10-9-18(17-7-5-4-6-8-17)22(23)25-37-35-15-38(25)3/h4-12,15,34H,13-14H2,1-3H3. The van der Waals surface area contributed by atoms with Crippen molar-refractivity contribution in [1.82, 2.24) is 25.1 Å². The topological polar surface area (TPSA) is 68.8 Å². The molecule has 0 bridgehead atoms. The smallest absolute Gasteiger partial charge is 0.420 e. The largest absolute Gasteiger partial charge is 0.435 e. The van der Waals surface area contributed by atoms with E-state index in [1.807, 2.05) is 30.3 Å². The third kappa shape index (κ3) is 5.40. The number of halogens is 5. The number of alkyl halides is 4. The fourth-order valence-corrected chi connectivity index (χ4v) is 4.40. The molecule has 3 aromatic carbocycles. The molecule has 5 rings (SSSR count). The lowest BCUT2D eigenvalue weighted by Crippen LogP contribution is -2.30. The molecule has 1 N–H and O–H groups in total. The van der Waals surface area contributed by atoms with Crippen LogP contribution >= 0.6 is 0 Å². The van der Waals surface area contributed by atoms with Gasteiger partial charge in [0.1, 0.15) is 28.9 Å². The summed E-state index contributed by atoms with van der Waals surface area (Å²) in [6, 6.07) is 14.2. The predicted octanol–water partition coefficient (Wildman–Crippen LogP) is 6.95. The van der Waals surface area contributed by atoms with Crippen molar-refractivity contribution in [2.45, 2.75) is 32.2 Å². The van der Waals surface area contributed by atoms with Gasteiger partial charge in [0.15, 0.2) is 11.4 Å². The van der Waals surface area contributed by atoms with Gasteiger partial charge in [0.2, 0.25) is 5.89 Å². The molecular weight excluding hydrogens is 517 g/mol. The monoisotopic (exact) mass is 541 g/mol. The van der Waals surface area contributed by atoms with Gasteiger partial charge in [-0.2, -0.15) is 13.2 Å². The van der Waals surface area contributed by atoms with Crippen LogP contribution in [-0.4, -0.2) is 32.0 Å². The normalized spacial score (nSPS) is 12.4. The van der Waals surface area contributed by atoms with E-state index in [9.17, 15) is 17.6 Å². The number of aromatic nitrogens is 4. The summed E-state index contributed by atoms with van der Waals surface area (Å²) in [5.74, 6) is -0.806. The first-order valence-electron chi connectivity index (χ1n) is 12.1. The van der Waals surface area contributed by atoms with Gasteiger partial charge in [0.25, 0.3) is 0 Å². The van der Waals surface area contributed by atoms with E-state index in [2.05, 4.69) is 20.5 Å². The average molecular weight is 542 g/mol. The molecule has 0 fully saturated rings. The summed E-state index contributed by atoms with van der Waals surface area (Å²) in [6.45, 7) is 2.63. The van der Waals surface area contributed by atoms with Gasteiger partial charge in [0.05, 0.1) is 5.56 Å². The van der Waals surface area contributed by atoms with Crippen molar-refractivity contribution in [1.29, 1.82) is 0 Å². The van der Waals surface area contributed by atoms with Crippen LogP contribution in [0, 0.1) is 5.82 Å². The zero-order valence-electron chi connectivity index (χ0n) is 21.3. The highest BCUT2D eigenvalue weighted by Crippen LogP contribution is 2.43. The third-order valence-electron chi connectivity index (χ3n) is 6.12. The van der Waals surface area contributed by atoms with Crippen molar-refractivity contribution in [3.63, 3.8) is 0 Å². The van der Waals surface area contributed by atoms with E-state index in [1.165, 1.54) is 32.3 Å². The molecule has 0 spiro atoms. The lowest BCUT2D eigenvalue weighted by atomic mass is 9.94. The van der Waals surface area contributed by atoms with Gasteiger partial charge in [-0.3, -0.25) is 0 Å². The second-order valence-electron chi connectivity index (χ2n) is 9.81. The average Bonchev–Trinajstić information content (AvgIpc) is 3.48. The number of rotatable bonds is 7. The van der Waals surface area contributed by atoms with Gasteiger partial charge in [0, 0.05) is 25.7 Å². The van der Waals surface area contributed by atoms with Crippen LogP contribution in [-0.2, 0) is 19.8 Å².